The van der Waals surface area contributed by atoms with Crippen molar-refractivity contribution in [3.63, 3.8) is 0 Å². The number of nitrogens with one attached hydrogen (secondary N) is 1. The maximum absolute atomic E-state index is 14.1. The molecule has 146 valence electrons. The van der Waals surface area contributed by atoms with Gasteiger partial charge in [0.05, 0.1) is 10.2 Å². The predicted octanol–water partition coefficient (Wildman–Crippen LogP) is 1.85. The summed E-state index contributed by atoms with van der Waals surface area (Å²) in [7, 11) is 1.42. The van der Waals surface area contributed by atoms with Gasteiger partial charge in [0, 0.05) is 12.6 Å². The van der Waals surface area contributed by atoms with Crippen LogP contribution in [0.3, 0.4) is 0 Å². The van der Waals surface area contributed by atoms with Gasteiger partial charge in [-0.1, -0.05) is 37.3 Å². The highest BCUT2D eigenvalue weighted by atomic mass is 32.1. The first-order chi connectivity index (χ1) is 14.0. The third-order valence-electron chi connectivity index (χ3n) is 4.37. The summed E-state index contributed by atoms with van der Waals surface area (Å²) in [5.74, 6) is -1.05. The molecule has 0 atom stereocenters. The highest BCUT2D eigenvalue weighted by Gasteiger charge is 2.16. The Morgan fingerprint density at radius 3 is 2.69 bits per heavy atom. The Bertz CT molecular complexity index is 1300. The summed E-state index contributed by atoms with van der Waals surface area (Å²) in [6, 6.07) is 15.3. The fraction of sp³-hybridized carbons (Fsp3) is 0.136. The summed E-state index contributed by atoms with van der Waals surface area (Å²) < 4.78 is 15.9. The molecule has 0 radical (unpaired) electrons. The van der Waals surface area contributed by atoms with Gasteiger partial charge in [-0.2, -0.15) is 5.26 Å². The van der Waals surface area contributed by atoms with Gasteiger partial charge >= 0.3 is 0 Å². The fourth-order valence-electron chi connectivity index (χ4n) is 2.85. The largest absolute Gasteiger partial charge is 0.354 e. The van der Waals surface area contributed by atoms with Crippen LogP contribution in [-0.2, 0) is 11.2 Å². The molecule has 1 heterocycles. The van der Waals surface area contributed by atoms with E-state index in [0.29, 0.717) is 5.69 Å². The molecule has 0 aliphatic carbocycles. The molecule has 3 rings (SSSR count). The lowest BCUT2D eigenvalue weighted by Crippen LogP contribution is -2.33. The molecule has 0 spiro atoms. The standard InChI is InChI=1S/C22H18FN3O2S/c1-3-14-7-6-9-16(11-14)26-21(28)19(12-15-8-4-5-10-18(15)23)29-22(26)17(13-24)20(27)25-2/h4-12H,3H2,1-2H3,(H,25,27)/b19-12+,22-17-. The molecule has 29 heavy (non-hydrogen) atoms. The maximum Gasteiger partial charge on any atom is 0.273 e. The van der Waals surface area contributed by atoms with Crippen LogP contribution >= 0.6 is 11.3 Å². The second-order valence-corrected chi connectivity index (χ2v) is 7.20. The minimum Gasteiger partial charge on any atom is -0.354 e. The lowest BCUT2D eigenvalue weighted by Gasteiger charge is -2.05. The fourth-order valence-corrected chi connectivity index (χ4v) is 3.95. The van der Waals surface area contributed by atoms with Gasteiger partial charge in [-0.05, 0) is 36.3 Å². The van der Waals surface area contributed by atoms with Crippen LogP contribution in [0, 0.1) is 17.1 Å². The van der Waals surface area contributed by atoms with Crippen molar-refractivity contribution >= 4 is 28.9 Å². The van der Waals surface area contributed by atoms with Crippen LogP contribution in [0.4, 0.5) is 4.39 Å². The Hall–Kier alpha value is -3.50. The Kier molecular flexibility index (Phi) is 6.05. The van der Waals surface area contributed by atoms with E-state index >= 15 is 0 Å². The molecule has 3 aromatic rings. The Morgan fingerprint density at radius 1 is 1.28 bits per heavy atom. The second-order valence-electron chi connectivity index (χ2n) is 6.17. The number of hydrogen-bond acceptors (Lipinski definition) is 4. The third-order valence-corrected chi connectivity index (χ3v) is 5.46. The molecule has 0 saturated heterocycles. The summed E-state index contributed by atoms with van der Waals surface area (Å²) >= 11 is 0.982. The van der Waals surface area contributed by atoms with Crippen LogP contribution in [-0.4, -0.2) is 17.5 Å². The van der Waals surface area contributed by atoms with Crippen molar-refractivity contribution in [1.82, 2.24) is 9.88 Å². The predicted molar refractivity (Wildman–Crippen MR) is 112 cm³/mol. The van der Waals surface area contributed by atoms with Gasteiger partial charge in [-0.3, -0.25) is 14.2 Å². The van der Waals surface area contributed by atoms with Crippen LogP contribution < -0.4 is 20.1 Å². The molecule has 0 bridgehead atoms. The highest BCUT2D eigenvalue weighted by Crippen LogP contribution is 2.10. The zero-order chi connectivity index (χ0) is 21.0. The number of halogens is 1. The van der Waals surface area contributed by atoms with Gasteiger partial charge < -0.3 is 5.32 Å². The number of amides is 1. The number of carbonyl (C=O) groups excluding carboxylic acids is 1. The quantitative estimate of drug-likeness (QED) is 0.717. The van der Waals surface area contributed by atoms with Crippen LogP contribution in [0.2, 0.25) is 0 Å². The number of rotatable bonds is 4. The first-order valence-corrected chi connectivity index (χ1v) is 9.75. The van der Waals surface area contributed by atoms with Crippen molar-refractivity contribution in [1.29, 1.82) is 5.26 Å². The number of nitrogens with zero attached hydrogens (tertiary/aromatic N) is 2. The molecular weight excluding hydrogens is 389 g/mol. The molecule has 0 aliphatic rings. The van der Waals surface area contributed by atoms with E-state index in [0.717, 1.165) is 23.3 Å². The SMILES string of the molecule is CCc1cccc(-n2c(=O)/c(=C\c3ccccc3F)s/c2=C(/C#N)C(=O)NC)c1. The van der Waals surface area contributed by atoms with Crippen molar-refractivity contribution in [3.8, 4) is 11.8 Å². The minimum absolute atomic E-state index is 0.176. The van der Waals surface area contributed by atoms with Gasteiger partial charge in [0.2, 0.25) is 0 Å². The average Bonchev–Trinajstić information content (AvgIpc) is 3.05. The normalized spacial score (nSPS) is 12.4. The van der Waals surface area contributed by atoms with E-state index < -0.39 is 17.3 Å². The molecule has 0 fully saturated rings. The molecule has 1 aromatic heterocycles. The van der Waals surface area contributed by atoms with E-state index in [1.54, 1.807) is 24.3 Å². The Morgan fingerprint density at radius 2 is 2.03 bits per heavy atom. The Balaban J connectivity index is 2.44. The monoisotopic (exact) mass is 407 g/mol. The number of thiazole rings is 1. The molecule has 2 aromatic carbocycles. The number of carbonyl (C=O) groups is 1. The molecule has 0 aliphatic heterocycles. The maximum atomic E-state index is 14.1. The van der Waals surface area contributed by atoms with Crippen LogP contribution in [0.25, 0.3) is 17.3 Å². The summed E-state index contributed by atoms with van der Waals surface area (Å²) in [5.41, 5.74) is 1.21. The van der Waals surface area contributed by atoms with E-state index in [2.05, 4.69) is 5.32 Å². The zero-order valence-electron chi connectivity index (χ0n) is 15.9. The molecule has 1 N–H and O–H groups in total. The molecule has 0 saturated carbocycles. The molecule has 7 heteroatoms. The molecule has 5 nitrogen and oxygen atoms in total. The lowest BCUT2D eigenvalue weighted by atomic mass is 10.1. The molecule has 1 amide bonds. The molecule has 0 unspecified atom stereocenters. The van der Waals surface area contributed by atoms with Crippen molar-refractivity contribution in [3.05, 3.63) is 85.0 Å². The summed E-state index contributed by atoms with van der Waals surface area (Å²) in [5, 5.41) is 12.0. The van der Waals surface area contributed by atoms with Crippen molar-refractivity contribution in [2.75, 3.05) is 7.05 Å². The van der Waals surface area contributed by atoms with Gasteiger partial charge in [-0.15, -0.1) is 11.3 Å². The van der Waals surface area contributed by atoms with Crippen LogP contribution in [0.5, 0.6) is 0 Å². The Labute approximate surface area is 170 Å². The number of nitriles is 1. The van der Waals surface area contributed by atoms with Crippen LogP contribution in [0.1, 0.15) is 18.1 Å². The first kappa shape index (κ1) is 20.2. The lowest BCUT2D eigenvalue weighted by molar-refractivity contribution is -0.115. The van der Waals surface area contributed by atoms with Crippen LogP contribution in [0.15, 0.2) is 53.3 Å². The zero-order valence-corrected chi connectivity index (χ0v) is 16.7. The summed E-state index contributed by atoms with van der Waals surface area (Å²) in [6.07, 6.45) is 2.20. The van der Waals surface area contributed by atoms with Crippen molar-refractivity contribution < 1.29 is 9.18 Å². The smallest absolute Gasteiger partial charge is 0.273 e. The summed E-state index contributed by atoms with van der Waals surface area (Å²) in [4.78, 5) is 25.4. The van der Waals surface area contributed by atoms with E-state index in [-0.39, 0.29) is 20.3 Å². The molecular formula is C22H18FN3O2S. The number of hydrogen-bond donors (Lipinski definition) is 1. The number of benzene rings is 2. The van der Waals surface area contributed by atoms with E-state index in [4.69, 9.17) is 0 Å². The van der Waals surface area contributed by atoms with E-state index in [1.165, 1.54) is 23.8 Å². The van der Waals surface area contributed by atoms with Gasteiger partial charge in [0.15, 0.2) is 5.57 Å². The van der Waals surface area contributed by atoms with E-state index in [1.807, 2.05) is 31.2 Å². The first-order valence-electron chi connectivity index (χ1n) is 8.94. The number of aromatic nitrogens is 1. The third kappa shape index (κ3) is 4.03. The van der Waals surface area contributed by atoms with Crippen molar-refractivity contribution in [2.24, 2.45) is 0 Å². The van der Waals surface area contributed by atoms with Gasteiger partial charge in [0.1, 0.15) is 16.5 Å². The van der Waals surface area contributed by atoms with Gasteiger partial charge in [-0.25, -0.2) is 4.39 Å². The van der Waals surface area contributed by atoms with Crippen molar-refractivity contribution in [2.45, 2.75) is 13.3 Å². The average molecular weight is 407 g/mol. The van der Waals surface area contributed by atoms with Gasteiger partial charge in [0.25, 0.3) is 11.5 Å². The second kappa shape index (κ2) is 8.67. The number of aryl methyl sites for hydroxylation is 1. The minimum atomic E-state index is -0.591. The topological polar surface area (TPSA) is 74.9 Å². The highest BCUT2D eigenvalue weighted by molar-refractivity contribution is 7.07. The summed E-state index contributed by atoms with van der Waals surface area (Å²) in [6.45, 7) is 1.99. The van der Waals surface area contributed by atoms with E-state index in [9.17, 15) is 19.2 Å².